The van der Waals surface area contributed by atoms with Crippen molar-refractivity contribution in [2.75, 3.05) is 11.1 Å². The molecule has 0 fully saturated rings. The number of carbonyl (C=O) groups is 2. The van der Waals surface area contributed by atoms with E-state index in [1.807, 2.05) is 24.3 Å². The van der Waals surface area contributed by atoms with Gasteiger partial charge in [0.25, 0.3) is 0 Å². The molecule has 0 aliphatic rings. The molecular weight excluding hydrogens is 354 g/mol. The average molecular weight is 366 g/mol. The van der Waals surface area contributed by atoms with Gasteiger partial charge in [0.15, 0.2) is 0 Å². The minimum atomic E-state index is -0.960. The van der Waals surface area contributed by atoms with Crippen molar-refractivity contribution in [3.05, 3.63) is 58.6 Å². The molecule has 2 rings (SSSR count). The number of anilines is 1. The SMILES string of the molecule is O=C(CSc1ccc(C(=O)O)cc1)Nc1ccccc1Br. The van der Waals surface area contributed by atoms with Crippen molar-refractivity contribution in [2.45, 2.75) is 4.90 Å². The van der Waals surface area contributed by atoms with Gasteiger partial charge in [0, 0.05) is 9.37 Å². The van der Waals surface area contributed by atoms with Crippen molar-refractivity contribution in [3.63, 3.8) is 0 Å². The summed E-state index contributed by atoms with van der Waals surface area (Å²) in [5.41, 5.74) is 0.960. The first-order valence-electron chi connectivity index (χ1n) is 6.07. The first kappa shape index (κ1) is 15.6. The van der Waals surface area contributed by atoms with Crippen LogP contribution < -0.4 is 5.32 Å². The molecular formula is C15H12BrNO3S. The molecule has 6 heteroatoms. The normalized spacial score (nSPS) is 10.1. The van der Waals surface area contributed by atoms with E-state index in [2.05, 4.69) is 21.2 Å². The lowest BCUT2D eigenvalue weighted by molar-refractivity contribution is -0.113. The Morgan fingerprint density at radius 1 is 1.10 bits per heavy atom. The molecule has 0 aliphatic heterocycles. The van der Waals surface area contributed by atoms with Crippen LogP contribution >= 0.6 is 27.7 Å². The third-order valence-electron chi connectivity index (χ3n) is 2.62. The number of amides is 1. The third kappa shape index (κ3) is 4.61. The Balaban J connectivity index is 1.89. The van der Waals surface area contributed by atoms with Crippen LogP contribution in [0.4, 0.5) is 5.69 Å². The van der Waals surface area contributed by atoms with E-state index in [4.69, 9.17) is 5.11 Å². The zero-order chi connectivity index (χ0) is 15.2. The van der Waals surface area contributed by atoms with Gasteiger partial charge in [-0.15, -0.1) is 11.8 Å². The van der Waals surface area contributed by atoms with E-state index in [0.29, 0.717) is 0 Å². The smallest absolute Gasteiger partial charge is 0.335 e. The Bertz CT molecular complexity index is 658. The highest BCUT2D eigenvalue weighted by Gasteiger charge is 2.07. The zero-order valence-corrected chi connectivity index (χ0v) is 13.3. The summed E-state index contributed by atoms with van der Waals surface area (Å²) in [5.74, 6) is -0.819. The number of rotatable bonds is 5. The van der Waals surface area contributed by atoms with E-state index >= 15 is 0 Å². The van der Waals surface area contributed by atoms with Gasteiger partial charge < -0.3 is 10.4 Å². The van der Waals surface area contributed by atoms with E-state index in [1.54, 1.807) is 12.1 Å². The van der Waals surface area contributed by atoms with Crippen LogP contribution in [0.15, 0.2) is 57.9 Å². The maximum atomic E-state index is 11.9. The van der Waals surface area contributed by atoms with Crippen LogP contribution in [-0.4, -0.2) is 22.7 Å². The molecule has 0 atom stereocenters. The summed E-state index contributed by atoms with van der Waals surface area (Å²) in [6, 6.07) is 13.8. The van der Waals surface area contributed by atoms with Gasteiger partial charge >= 0.3 is 5.97 Å². The van der Waals surface area contributed by atoms with Crippen molar-refractivity contribution < 1.29 is 14.7 Å². The van der Waals surface area contributed by atoms with Crippen LogP contribution in [0.25, 0.3) is 0 Å². The number of hydrogen-bond donors (Lipinski definition) is 2. The summed E-state index contributed by atoms with van der Waals surface area (Å²) in [5, 5.41) is 11.6. The first-order valence-corrected chi connectivity index (χ1v) is 7.84. The maximum Gasteiger partial charge on any atom is 0.335 e. The molecule has 2 N–H and O–H groups in total. The van der Waals surface area contributed by atoms with Gasteiger partial charge in [0.05, 0.1) is 17.0 Å². The molecule has 0 unspecified atom stereocenters. The predicted molar refractivity (Wildman–Crippen MR) is 86.9 cm³/mol. The van der Waals surface area contributed by atoms with E-state index in [9.17, 15) is 9.59 Å². The number of carboxylic acid groups (broad SMARTS) is 1. The first-order chi connectivity index (χ1) is 10.1. The lowest BCUT2D eigenvalue weighted by atomic mass is 10.2. The van der Waals surface area contributed by atoms with Crippen LogP contribution in [-0.2, 0) is 4.79 Å². The quantitative estimate of drug-likeness (QED) is 0.789. The summed E-state index contributed by atoms with van der Waals surface area (Å²) < 4.78 is 0.828. The van der Waals surface area contributed by atoms with Crippen LogP contribution in [0.1, 0.15) is 10.4 Å². The van der Waals surface area contributed by atoms with Crippen molar-refractivity contribution in [1.29, 1.82) is 0 Å². The molecule has 0 saturated carbocycles. The summed E-state index contributed by atoms with van der Waals surface area (Å²) in [6.45, 7) is 0. The second-order valence-electron chi connectivity index (χ2n) is 4.15. The number of aromatic carboxylic acids is 1. The monoisotopic (exact) mass is 365 g/mol. The summed E-state index contributed by atoms with van der Waals surface area (Å²) in [4.78, 5) is 23.5. The number of hydrogen-bond acceptors (Lipinski definition) is 3. The molecule has 0 spiro atoms. The highest BCUT2D eigenvalue weighted by molar-refractivity contribution is 9.10. The fraction of sp³-hybridized carbons (Fsp3) is 0.0667. The zero-order valence-electron chi connectivity index (χ0n) is 10.9. The second-order valence-corrected chi connectivity index (χ2v) is 6.05. The highest BCUT2D eigenvalue weighted by atomic mass is 79.9. The van der Waals surface area contributed by atoms with E-state index in [-0.39, 0.29) is 17.2 Å². The Morgan fingerprint density at radius 3 is 2.38 bits per heavy atom. The van der Waals surface area contributed by atoms with E-state index < -0.39 is 5.97 Å². The summed E-state index contributed by atoms with van der Waals surface area (Å²) in [6.07, 6.45) is 0. The molecule has 0 radical (unpaired) electrons. The number of benzene rings is 2. The molecule has 108 valence electrons. The van der Waals surface area contributed by atoms with Crippen LogP contribution in [0.3, 0.4) is 0 Å². The Kier molecular flexibility index (Phi) is 5.41. The fourth-order valence-corrected chi connectivity index (χ4v) is 2.67. The van der Waals surface area contributed by atoms with Gasteiger partial charge in [-0.25, -0.2) is 4.79 Å². The number of carbonyl (C=O) groups excluding carboxylic acids is 1. The van der Waals surface area contributed by atoms with Crippen molar-refractivity contribution in [2.24, 2.45) is 0 Å². The van der Waals surface area contributed by atoms with Gasteiger partial charge in [-0.05, 0) is 52.3 Å². The lowest BCUT2D eigenvalue weighted by Crippen LogP contribution is -2.14. The maximum absolute atomic E-state index is 11.9. The van der Waals surface area contributed by atoms with Crippen molar-refractivity contribution >= 4 is 45.3 Å². The van der Waals surface area contributed by atoms with Crippen LogP contribution in [0, 0.1) is 0 Å². The van der Waals surface area contributed by atoms with Crippen LogP contribution in [0.2, 0.25) is 0 Å². The lowest BCUT2D eigenvalue weighted by Gasteiger charge is -2.07. The van der Waals surface area contributed by atoms with Gasteiger partial charge in [0.1, 0.15) is 0 Å². The van der Waals surface area contributed by atoms with E-state index in [0.717, 1.165) is 15.1 Å². The van der Waals surface area contributed by atoms with Gasteiger partial charge in [-0.3, -0.25) is 4.79 Å². The van der Waals surface area contributed by atoms with Gasteiger partial charge in [0.2, 0.25) is 5.91 Å². The third-order valence-corrected chi connectivity index (χ3v) is 4.32. The Labute approximate surface area is 134 Å². The molecule has 0 bridgehead atoms. The summed E-state index contributed by atoms with van der Waals surface area (Å²) >= 11 is 4.72. The van der Waals surface area contributed by atoms with Gasteiger partial charge in [-0.2, -0.15) is 0 Å². The molecule has 0 aliphatic carbocycles. The molecule has 1 amide bonds. The molecule has 2 aromatic rings. The fourth-order valence-electron chi connectivity index (χ4n) is 1.59. The number of para-hydroxylation sites is 1. The number of thioether (sulfide) groups is 1. The van der Waals surface area contributed by atoms with Gasteiger partial charge in [-0.1, -0.05) is 12.1 Å². The highest BCUT2D eigenvalue weighted by Crippen LogP contribution is 2.23. The number of carboxylic acids is 1. The molecule has 4 nitrogen and oxygen atoms in total. The number of halogens is 1. The minimum Gasteiger partial charge on any atom is -0.478 e. The molecule has 21 heavy (non-hydrogen) atoms. The molecule has 0 heterocycles. The van der Waals surface area contributed by atoms with Crippen molar-refractivity contribution in [1.82, 2.24) is 0 Å². The summed E-state index contributed by atoms with van der Waals surface area (Å²) in [7, 11) is 0. The minimum absolute atomic E-state index is 0.116. The molecule has 0 aromatic heterocycles. The van der Waals surface area contributed by atoms with Crippen molar-refractivity contribution in [3.8, 4) is 0 Å². The Hall–Kier alpha value is -1.79. The Morgan fingerprint density at radius 2 is 1.76 bits per heavy atom. The van der Waals surface area contributed by atoms with E-state index in [1.165, 1.54) is 23.9 Å². The second kappa shape index (κ2) is 7.28. The molecule has 0 saturated heterocycles. The number of nitrogens with one attached hydrogen (secondary N) is 1. The largest absolute Gasteiger partial charge is 0.478 e. The van der Waals surface area contributed by atoms with Crippen LogP contribution in [0.5, 0.6) is 0 Å². The topological polar surface area (TPSA) is 66.4 Å². The predicted octanol–water partition coefficient (Wildman–Crippen LogP) is 3.88. The molecule has 2 aromatic carbocycles. The average Bonchev–Trinajstić information content (AvgIpc) is 2.48. The standard InChI is InChI=1S/C15H12BrNO3S/c16-12-3-1-2-4-13(12)17-14(18)9-21-11-7-5-10(6-8-11)15(19)20/h1-8H,9H2,(H,17,18)(H,19,20).